The number of nitriles is 1. The lowest BCUT2D eigenvalue weighted by atomic mass is 10.1. The molecule has 0 aliphatic carbocycles. The van der Waals surface area contributed by atoms with Crippen molar-refractivity contribution in [3.63, 3.8) is 0 Å². The third-order valence-corrected chi connectivity index (χ3v) is 2.96. The minimum atomic E-state index is -0.443. The molecule has 0 saturated carbocycles. The Morgan fingerprint density at radius 2 is 1.87 bits per heavy atom. The van der Waals surface area contributed by atoms with E-state index in [2.05, 4.69) is 11.9 Å². The summed E-state index contributed by atoms with van der Waals surface area (Å²) < 4.78 is 5.81. The van der Waals surface area contributed by atoms with Crippen LogP contribution in [0.4, 0.5) is 0 Å². The normalized spacial score (nSPS) is 10.5. The summed E-state index contributed by atoms with van der Waals surface area (Å²) in [5.74, 6) is 0.813. The Bertz CT molecular complexity index is 758. The second-order valence-electron chi connectivity index (χ2n) is 4.62. The topological polar surface area (TPSA) is 62.1 Å². The van der Waals surface area contributed by atoms with Crippen LogP contribution in [0, 0.1) is 11.3 Å². The van der Waals surface area contributed by atoms with Gasteiger partial charge in [0.25, 0.3) is 5.91 Å². The van der Waals surface area contributed by atoms with Crippen molar-refractivity contribution >= 4 is 12.0 Å². The maximum Gasteiger partial charge on any atom is 0.262 e. The van der Waals surface area contributed by atoms with Crippen LogP contribution >= 0.6 is 0 Å². The van der Waals surface area contributed by atoms with Crippen LogP contribution in [0.3, 0.4) is 0 Å². The molecule has 0 aliphatic heterocycles. The monoisotopic (exact) mass is 304 g/mol. The fourth-order valence-electron chi connectivity index (χ4n) is 1.87. The molecule has 0 bridgehead atoms. The number of amides is 1. The first-order chi connectivity index (χ1) is 11.2. The molecule has 1 amide bonds. The molecule has 0 aliphatic rings. The number of carbonyl (C=O) groups excluding carboxylic acids is 1. The van der Waals surface area contributed by atoms with E-state index in [-0.39, 0.29) is 5.57 Å². The molecule has 4 heteroatoms. The number of ether oxygens (including phenoxy) is 1. The lowest BCUT2D eigenvalue weighted by Crippen LogP contribution is -2.24. The summed E-state index contributed by atoms with van der Waals surface area (Å²) in [6.45, 7) is 3.83. The molecule has 23 heavy (non-hydrogen) atoms. The first-order valence-electron chi connectivity index (χ1n) is 7.07. The number of para-hydroxylation sites is 2. The van der Waals surface area contributed by atoms with Crippen LogP contribution in [-0.2, 0) is 4.79 Å². The predicted octanol–water partition coefficient (Wildman–Crippen LogP) is 3.69. The molecule has 0 spiro atoms. The van der Waals surface area contributed by atoms with Crippen LogP contribution in [0.1, 0.15) is 5.56 Å². The number of rotatable bonds is 6. The molecule has 2 aromatic rings. The average Bonchev–Trinajstić information content (AvgIpc) is 2.59. The van der Waals surface area contributed by atoms with E-state index in [1.165, 1.54) is 6.08 Å². The Morgan fingerprint density at radius 1 is 1.17 bits per heavy atom. The first kappa shape index (κ1) is 16.1. The van der Waals surface area contributed by atoms with E-state index in [9.17, 15) is 10.1 Å². The molecule has 114 valence electrons. The van der Waals surface area contributed by atoms with E-state index >= 15 is 0 Å². The average molecular weight is 304 g/mol. The molecule has 2 aromatic carbocycles. The number of carbonyl (C=O) groups is 1. The van der Waals surface area contributed by atoms with Gasteiger partial charge in [-0.3, -0.25) is 4.79 Å². The first-order valence-corrected chi connectivity index (χ1v) is 7.07. The van der Waals surface area contributed by atoms with Crippen molar-refractivity contribution in [2.24, 2.45) is 0 Å². The van der Waals surface area contributed by atoms with Crippen molar-refractivity contribution in [3.8, 4) is 17.6 Å². The van der Waals surface area contributed by atoms with Gasteiger partial charge >= 0.3 is 0 Å². The standard InChI is InChI=1S/C19H16N2O2/c1-2-12-21-19(22)16(14-20)13-15-8-6-7-11-18(15)23-17-9-4-3-5-10-17/h2-11,13H,1,12H2,(H,21,22)/b16-13-. The van der Waals surface area contributed by atoms with Crippen LogP contribution in [0.2, 0.25) is 0 Å². The minimum Gasteiger partial charge on any atom is -0.457 e. The van der Waals surface area contributed by atoms with Crippen molar-refractivity contribution in [1.29, 1.82) is 5.26 Å². The maximum atomic E-state index is 11.9. The number of nitrogens with zero attached hydrogens (tertiary/aromatic N) is 1. The van der Waals surface area contributed by atoms with E-state index in [0.29, 0.717) is 23.6 Å². The van der Waals surface area contributed by atoms with Gasteiger partial charge in [-0.2, -0.15) is 5.26 Å². The van der Waals surface area contributed by atoms with Gasteiger partial charge in [0.05, 0.1) is 0 Å². The van der Waals surface area contributed by atoms with Crippen molar-refractivity contribution in [2.45, 2.75) is 0 Å². The van der Waals surface area contributed by atoms with E-state index in [1.807, 2.05) is 48.5 Å². The van der Waals surface area contributed by atoms with E-state index in [4.69, 9.17) is 4.74 Å². The molecule has 0 fully saturated rings. The summed E-state index contributed by atoms with van der Waals surface area (Å²) in [6, 6.07) is 18.5. The van der Waals surface area contributed by atoms with Gasteiger partial charge in [-0.15, -0.1) is 6.58 Å². The summed E-state index contributed by atoms with van der Waals surface area (Å²) in [6.07, 6.45) is 3.07. The Balaban J connectivity index is 2.28. The second kappa shape index (κ2) is 8.20. The fourth-order valence-corrected chi connectivity index (χ4v) is 1.87. The molecule has 2 rings (SSSR count). The molecule has 0 radical (unpaired) electrons. The molecule has 0 unspecified atom stereocenters. The molecular formula is C19H16N2O2. The third-order valence-electron chi connectivity index (χ3n) is 2.96. The van der Waals surface area contributed by atoms with Crippen molar-refractivity contribution in [3.05, 3.63) is 78.4 Å². The van der Waals surface area contributed by atoms with Gasteiger partial charge in [0.15, 0.2) is 0 Å². The van der Waals surface area contributed by atoms with Gasteiger partial charge in [0, 0.05) is 12.1 Å². The van der Waals surface area contributed by atoms with Crippen LogP contribution < -0.4 is 10.1 Å². The third kappa shape index (κ3) is 4.58. The molecule has 0 aromatic heterocycles. The van der Waals surface area contributed by atoms with Crippen molar-refractivity contribution < 1.29 is 9.53 Å². The van der Waals surface area contributed by atoms with Crippen LogP contribution in [0.5, 0.6) is 11.5 Å². The lowest BCUT2D eigenvalue weighted by molar-refractivity contribution is -0.116. The number of hydrogen-bond donors (Lipinski definition) is 1. The van der Waals surface area contributed by atoms with Crippen molar-refractivity contribution in [2.75, 3.05) is 6.54 Å². The van der Waals surface area contributed by atoms with Gasteiger partial charge in [-0.05, 0) is 24.3 Å². The number of hydrogen-bond acceptors (Lipinski definition) is 3. The minimum absolute atomic E-state index is 0.0101. The maximum absolute atomic E-state index is 11.9. The molecule has 0 heterocycles. The Morgan fingerprint density at radius 3 is 2.57 bits per heavy atom. The summed E-state index contributed by atoms with van der Waals surface area (Å²) >= 11 is 0. The van der Waals surface area contributed by atoms with E-state index in [1.54, 1.807) is 18.2 Å². The SMILES string of the molecule is C=CCNC(=O)/C(C#N)=C\c1ccccc1Oc1ccccc1. The highest BCUT2D eigenvalue weighted by molar-refractivity contribution is 6.02. The molecule has 1 N–H and O–H groups in total. The zero-order valence-electron chi connectivity index (χ0n) is 12.5. The smallest absolute Gasteiger partial charge is 0.262 e. The zero-order chi connectivity index (χ0) is 16.5. The molecule has 0 saturated heterocycles. The molecule has 0 atom stereocenters. The van der Waals surface area contributed by atoms with Gasteiger partial charge in [-0.1, -0.05) is 42.5 Å². The summed E-state index contributed by atoms with van der Waals surface area (Å²) in [5.41, 5.74) is 0.664. The van der Waals surface area contributed by atoms with E-state index < -0.39 is 5.91 Å². The Kier molecular flexibility index (Phi) is 5.73. The Hall–Kier alpha value is -3.32. The van der Waals surface area contributed by atoms with Crippen LogP contribution in [0.25, 0.3) is 6.08 Å². The van der Waals surface area contributed by atoms with E-state index in [0.717, 1.165) is 0 Å². The summed E-state index contributed by atoms with van der Waals surface area (Å²) in [4.78, 5) is 11.9. The molecular weight excluding hydrogens is 288 g/mol. The highest BCUT2D eigenvalue weighted by atomic mass is 16.5. The van der Waals surface area contributed by atoms with Crippen molar-refractivity contribution in [1.82, 2.24) is 5.32 Å². The molecule has 4 nitrogen and oxygen atoms in total. The largest absolute Gasteiger partial charge is 0.457 e. The summed E-state index contributed by atoms with van der Waals surface area (Å²) in [5, 5.41) is 11.8. The van der Waals surface area contributed by atoms with Crippen LogP contribution in [-0.4, -0.2) is 12.5 Å². The fraction of sp³-hybridized carbons (Fsp3) is 0.0526. The second-order valence-corrected chi connectivity index (χ2v) is 4.62. The quantitative estimate of drug-likeness (QED) is 0.503. The van der Waals surface area contributed by atoms with Crippen LogP contribution in [0.15, 0.2) is 72.8 Å². The Labute approximate surface area is 135 Å². The van der Waals surface area contributed by atoms with Gasteiger partial charge in [0.1, 0.15) is 23.1 Å². The van der Waals surface area contributed by atoms with Gasteiger partial charge in [0.2, 0.25) is 0 Å². The van der Waals surface area contributed by atoms with Gasteiger partial charge in [-0.25, -0.2) is 0 Å². The lowest BCUT2D eigenvalue weighted by Gasteiger charge is -2.09. The highest BCUT2D eigenvalue weighted by Gasteiger charge is 2.10. The highest BCUT2D eigenvalue weighted by Crippen LogP contribution is 2.26. The predicted molar refractivity (Wildman–Crippen MR) is 89.8 cm³/mol. The number of benzene rings is 2. The zero-order valence-corrected chi connectivity index (χ0v) is 12.5. The van der Waals surface area contributed by atoms with Gasteiger partial charge < -0.3 is 10.1 Å². The number of nitrogens with one attached hydrogen (secondary N) is 1. The summed E-state index contributed by atoms with van der Waals surface area (Å²) in [7, 11) is 0.